The van der Waals surface area contributed by atoms with Crippen LogP contribution in [-0.2, 0) is 9.47 Å². The molecule has 0 aliphatic rings. The predicted molar refractivity (Wildman–Crippen MR) is 123 cm³/mol. The molecule has 0 saturated heterocycles. The first-order chi connectivity index (χ1) is 16.3. The molecule has 182 valence electrons. The molecule has 11 nitrogen and oxygen atoms in total. The minimum Gasteiger partial charge on any atom is -0.461 e. The minimum absolute atomic E-state index is 0.109. The molecule has 0 aliphatic carbocycles. The largest absolute Gasteiger partial charge is 0.461 e. The van der Waals surface area contributed by atoms with Crippen LogP contribution >= 0.6 is 0 Å². The smallest absolute Gasteiger partial charge is 0.338 e. The van der Waals surface area contributed by atoms with E-state index in [9.17, 15) is 29.8 Å². The third kappa shape index (κ3) is 8.58. The summed E-state index contributed by atoms with van der Waals surface area (Å²) in [7, 11) is 0. The van der Waals surface area contributed by atoms with Crippen LogP contribution in [0.3, 0.4) is 0 Å². The van der Waals surface area contributed by atoms with E-state index in [1.165, 1.54) is 48.5 Å². The summed E-state index contributed by atoms with van der Waals surface area (Å²) in [6, 6.07) is 10.3. The zero-order chi connectivity index (χ0) is 24.9. The fourth-order valence-corrected chi connectivity index (χ4v) is 3.06. The number of nitro groups is 2. The number of hydrogen-bond acceptors (Lipinski definition) is 9. The molecule has 0 amide bonds. The van der Waals surface area contributed by atoms with E-state index in [4.69, 9.17) is 9.47 Å². The van der Waals surface area contributed by atoms with E-state index < -0.39 is 21.8 Å². The molecule has 2 rings (SSSR count). The maximum atomic E-state index is 12.2. The predicted octanol–water partition coefficient (Wildman–Crippen LogP) is 4.01. The zero-order valence-electron chi connectivity index (χ0n) is 18.9. The third-order valence-corrected chi connectivity index (χ3v) is 4.99. The summed E-state index contributed by atoms with van der Waals surface area (Å²) in [4.78, 5) is 46.7. The van der Waals surface area contributed by atoms with E-state index in [0.29, 0.717) is 13.1 Å². The van der Waals surface area contributed by atoms with E-state index in [-0.39, 0.29) is 35.7 Å². The molecule has 0 N–H and O–H groups in total. The molecule has 2 aromatic rings. The molecule has 0 aromatic heterocycles. The van der Waals surface area contributed by atoms with E-state index in [0.717, 1.165) is 25.8 Å². The molecule has 34 heavy (non-hydrogen) atoms. The maximum Gasteiger partial charge on any atom is 0.338 e. The van der Waals surface area contributed by atoms with Gasteiger partial charge < -0.3 is 9.47 Å². The summed E-state index contributed by atoms with van der Waals surface area (Å²) in [5.74, 6) is -1.15. The Morgan fingerprint density at radius 1 is 0.735 bits per heavy atom. The molecule has 0 saturated carbocycles. The second-order valence-electron chi connectivity index (χ2n) is 7.43. The van der Waals surface area contributed by atoms with Crippen LogP contribution in [0.4, 0.5) is 11.4 Å². The molecule has 0 heterocycles. The van der Waals surface area contributed by atoms with Crippen LogP contribution < -0.4 is 0 Å². The van der Waals surface area contributed by atoms with Gasteiger partial charge in [0.05, 0.1) is 21.0 Å². The summed E-state index contributed by atoms with van der Waals surface area (Å²) in [6.07, 6.45) is 3.00. The normalized spacial score (nSPS) is 10.6. The number of benzene rings is 2. The van der Waals surface area contributed by atoms with Gasteiger partial charge in [0.2, 0.25) is 0 Å². The number of carbonyl (C=O) groups is 2. The summed E-state index contributed by atoms with van der Waals surface area (Å²) in [6.45, 7) is 3.89. The van der Waals surface area contributed by atoms with Crippen molar-refractivity contribution in [2.45, 2.75) is 26.2 Å². The van der Waals surface area contributed by atoms with Gasteiger partial charge in [0.1, 0.15) is 13.2 Å². The first-order valence-electron chi connectivity index (χ1n) is 10.9. The average Bonchev–Trinajstić information content (AvgIpc) is 2.83. The Hall–Kier alpha value is -3.86. The van der Waals surface area contributed by atoms with Gasteiger partial charge in [-0.15, -0.1) is 0 Å². The number of hydrogen-bond donors (Lipinski definition) is 0. The summed E-state index contributed by atoms with van der Waals surface area (Å²) in [5.41, 5.74) is 0.226. The third-order valence-electron chi connectivity index (χ3n) is 4.99. The lowest BCUT2D eigenvalue weighted by Crippen LogP contribution is -2.33. The fourth-order valence-electron chi connectivity index (χ4n) is 3.06. The van der Waals surface area contributed by atoms with Crippen LogP contribution in [0.15, 0.2) is 48.5 Å². The second-order valence-corrected chi connectivity index (χ2v) is 7.43. The van der Waals surface area contributed by atoms with Crippen LogP contribution in [0.5, 0.6) is 0 Å². The van der Waals surface area contributed by atoms with Crippen LogP contribution in [0.1, 0.15) is 46.9 Å². The molecular weight excluding hydrogens is 446 g/mol. The van der Waals surface area contributed by atoms with Crippen LogP contribution in [0.2, 0.25) is 0 Å². The molecule has 2 aromatic carbocycles. The number of ether oxygens (including phenoxy) is 2. The Morgan fingerprint density at radius 2 is 1.15 bits per heavy atom. The summed E-state index contributed by atoms with van der Waals surface area (Å²) < 4.78 is 10.6. The Bertz CT molecular complexity index is 901. The van der Waals surface area contributed by atoms with Crippen molar-refractivity contribution < 1.29 is 28.9 Å². The topological polar surface area (TPSA) is 142 Å². The summed E-state index contributed by atoms with van der Waals surface area (Å²) >= 11 is 0. The monoisotopic (exact) mass is 473 g/mol. The molecular formula is C23H27N3O8. The highest BCUT2D eigenvalue weighted by molar-refractivity contribution is 5.90. The van der Waals surface area contributed by atoms with Crippen molar-refractivity contribution in [1.82, 2.24) is 4.90 Å². The number of non-ortho nitro benzene ring substituents is 2. The number of esters is 2. The molecule has 0 radical (unpaired) electrons. The Kier molecular flexibility index (Phi) is 10.6. The second kappa shape index (κ2) is 13.6. The van der Waals surface area contributed by atoms with Crippen molar-refractivity contribution in [3.05, 3.63) is 79.9 Å². The first-order valence-corrected chi connectivity index (χ1v) is 10.9. The molecule has 0 atom stereocenters. The lowest BCUT2D eigenvalue weighted by molar-refractivity contribution is -0.385. The fraction of sp³-hybridized carbons (Fsp3) is 0.391. The van der Waals surface area contributed by atoms with Gasteiger partial charge in [-0.1, -0.05) is 19.8 Å². The number of rotatable bonds is 14. The van der Waals surface area contributed by atoms with Crippen LogP contribution in [0.25, 0.3) is 0 Å². The van der Waals surface area contributed by atoms with E-state index in [1.807, 2.05) is 4.90 Å². The molecule has 11 heteroatoms. The van der Waals surface area contributed by atoms with Crippen molar-refractivity contribution in [3.63, 3.8) is 0 Å². The van der Waals surface area contributed by atoms with E-state index >= 15 is 0 Å². The lowest BCUT2D eigenvalue weighted by atomic mass is 10.2. The first kappa shape index (κ1) is 26.4. The van der Waals surface area contributed by atoms with Gasteiger partial charge in [-0.05, 0) is 37.2 Å². The van der Waals surface area contributed by atoms with Gasteiger partial charge in [0.25, 0.3) is 11.4 Å². The number of nitrogens with zero attached hydrogens (tertiary/aromatic N) is 3. The number of carbonyl (C=O) groups excluding carboxylic acids is 2. The van der Waals surface area contributed by atoms with Gasteiger partial charge in [-0.2, -0.15) is 0 Å². The molecule has 0 spiro atoms. The van der Waals surface area contributed by atoms with Crippen LogP contribution in [-0.4, -0.2) is 59.5 Å². The molecule has 0 fully saturated rings. The van der Waals surface area contributed by atoms with Gasteiger partial charge in [0, 0.05) is 37.4 Å². The van der Waals surface area contributed by atoms with E-state index in [1.54, 1.807) is 0 Å². The highest BCUT2D eigenvalue weighted by atomic mass is 16.6. The van der Waals surface area contributed by atoms with Crippen molar-refractivity contribution in [1.29, 1.82) is 0 Å². The van der Waals surface area contributed by atoms with E-state index in [2.05, 4.69) is 6.92 Å². The van der Waals surface area contributed by atoms with Crippen molar-refractivity contribution in [3.8, 4) is 0 Å². The lowest BCUT2D eigenvalue weighted by Gasteiger charge is -2.22. The van der Waals surface area contributed by atoms with Crippen molar-refractivity contribution >= 4 is 23.3 Å². The van der Waals surface area contributed by atoms with Crippen LogP contribution in [0, 0.1) is 20.2 Å². The van der Waals surface area contributed by atoms with Crippen molar-refractivity contribution in [2.75, 3.05) is 32.8 Å². The Morgan fingerprint density at radius 3 is 1.50 bits per heavy atom. The van der Waals surface area contributed by atoms with Gasteiger partial charge in [0.15, 0.2) is 0 Å². The SMILES string of the molecule is CCCCCN(CCOC(=O)c1ccc([N+](=O)[O-])cc1)CCOC(=O)c1ccc([N+](=O)[O-])cc1. The van der Waals surface area contributed by atoms with Gasteiger partial charge >= 0.3 is 11.9 Å². The average molecular weight is 473 g/mol. The highest BCUT2D eigenvalue weighted by Gasteiger charge is 2.14. The maximum absolute atomic E-state index is 12.2. The standard InChI is InChI=1S/C23H27N3O8/c1-2-3-4-13-24(14-16-33-22(27)18-5-9-20(10-6-18)25(29)30)15-17-34-23(28)19-7-11-21(12-8-19)26(31)32/h5-12H,2-4,13-17H2,1H3. The Balaban J connectivity index is 1.81. The Labute approximate surface area is 196 Å². The van der Waals surface area contributed by atoms with Gasteiger partial charge in [-0.3, -0.25) is 25.1 Å². The minimum atomic E-state index is -0.576. The molecule has 0 aliphatic heterocycles. The van der Waals surface area contributed by atoms with Gasteiger partial charge in [-0.25, -0.2) is 9.59 Å². The molecule has 0 bridgehead atoms. The van der Waals surface area contributed by atoms with Crippen molar-refractivity contribution in [2.24, 2.45) is 0 Å². The highest BCUT2D eigenvalue weighted by Crippen LogP contribution is 2.14. The molecule has 0 unspecified atom stereocenters. The number of nitro benzene ring substituents is 2. The quantitative estimate of drug-likeness (QED) is 0.172. The number of unbranched alkanes of at least 4 members (excludes halogenated alkanes) is 2. The summed E-state index contributed by atoms with van der Waals surface area (Å²) in [5, 5.41) is 21.4. The zero-order valence-corrected chi connectivity index (χ0v) is 18.9.